The molecule has 0 radical (unpaired) electrons. The lowest BCUT2D eigenvalue weighted by atomic mass is 9.46. The van der Waals surface area contributed by atoms with Crippen molar-refractivity contribution in [1.29, 1.82) is 0 Å². The normalized spacial score (nSPS) is 53.4. The molecular weight excluding hydrogens is 304 g/mol. The maximum atomic E-state index is 3.71. The lowest BCUT2D eigenvalue weighted by molar-refractivity contribution is -0.0883. The van der Waals surface area contributed by atoms with Crippen LogP contribution in [-0.4, -0.2) is 37.1 Å². The number of allylic oxidation sites excluding steroid dienone is 2. The van der Waals surface area contributed by atoms with Gasteiger partial charge in [0, 0.05) is 43.4 Å². The van der Waals surface area contributed by atoms with E-state index in [-0.39, 0.29) is 0 Å². The van der Waals surface area contributed by atoms with Gasteiger partial charge in [-0.1, -0.05) is 25.0 Å². The zero-order valence-corrected chi connectivity index (χ0v) is 16.5. The summed E-state index contributed by atoms with van der Waals surface area (Å²) in [5.41, 5.74) is 4.91. The largest absolute Gasteiger partial charge is 0.315 e. The van der Waals surface area contributed by atoms with Crippen LogP contribution in [0.2, 0.25) is 0 Å². The highest BCUT2D eigenvalue weighted by Gasteiger charge is 2.72. The smallest absolute Gasteiger partial charge is 0.0386 e. The SMILES string of the molecule is CNC1CC#CCC2(C)C3(CCC(C)C24CCC(C)=C4C3)CN2CC12. The number of nitrogens with one attached hydrogen (secondary N) is 1. The topological polar surface area (TPSA) is 15.0 Å². The molecule has 7 unspecified atom stereocenters. The van der Waals surface area contributed by atoms with Crippen LogP contribution >= 0.6 is 0 Å². The Labute approximate surface area is 153 Å². The molecule has 7 atom stereocenters. The quantitative estimate of drug-likeness (QED) is 0.442. The van der Waals surface area contributed by atoms with E-state index < -0.39 is 0 Å². The van der Waals surface area contributed by atoms with Crippen LogP contribution in [0.3, 0.4) is 0 Å². The summed E-state index contributed by atoms with van der Waals surface area (Å²) in [6.45, 7) is 10.2. The van der Waals surface area contributed by atoms with Crippen LogP contribution in [0, 0.1) is 34.0 Å². The van der Waals surface area contributed by atoms with E-state index in [1.54, 1.807) is 5.57 Å². The molecule has 1 saturated heterocycles. The van der Waals surface area contributed by atoms with Crippen molar-refractivity contribution in [2.24, 2.45) is 22.2 Å². The number of hydrogen-bond donors (Lipinski definition) is 1. The van der Waals surface area contributed by atoms with E-state index in [1.165, 1.54) is 45.2 Å². The fourth-order valence-electron chi connectivity index (χ4n) is 7.83. The molecule has 2 aliphatic heterocycles. The van der Waals surface area contributed by atoms with Gasteiger partial charge in [-0.2, -0.15) is 0 Å². The average Bonchev–Trinajstić information content (AvgIpc) is 3.24. The fraction of sp³-hybridized carbons (Fsp3) is 0.826. The third-order valence-corrected chi connectivity index (χ3v) is 9.50. The zero-order valence-electron chi connectivity index (χ0n) is 16.5. The van der Waals surface area contributed by atoms with E-state index >= 15 is 0 Å². The Bertz CT molecular complexity index is 697. The zero-order chi connectivity index (χ0) is 17.4. The second kappa shape index (κ2) is 5.14. The molecule has 0 aromatic heterocycles. The third-order valence-electron chi connectivity index (χ3n) is 9.50. The summed E-state index contributed by atoms with van der Waals surface area (Å²) in [6.07, 6.45) is 9.08. The minimum atomic E-state index is 0.372. The Morgan fingerprint density at radius 1 is 1.24 bits per heavy atom. The van der Waals surface area contributed by atoms with Gasteiger partial charge < -0.3 is 5.32 Å². The minimum absolute atomic E-state index is 0.372. The first-order valence-electron chi connectivity index (χ1n) is 10.5. The Kier molecular flexibility index (Phi) is 3.37. The Morgan fingerprint density at radius 2 is 2.08 bits per heavy atom. The summed E-state index contributed by atoms with van der Waals surface area (Å²) >= 11 is 0. The number of fused-ring (bicyclic) bond motifs is 1. The highest BCUT2D eigenvalue weighted by molar-refractivity contribution is 5.42. The van der Waals surface area contributed by atoms with Gasteiger partial charge in [0.15, 0.2) is 0 Å². The minimum Gasteiger partial charge on any atom is -0.315 e. The maximum Gasteiger partial charge on any atom is 0.0386 e. The molecule has 2 heterocycles. The molecule has 0 aromatic carbocycles. The third kappa shape index (κ3) is 1.85. The van der Waals surface area contributed by atoms with Crippen LogP contribution in [0.15, 0.2) is 11.1 Å². The molecule has 2 nitrogen and oxygen atoms in total. The lowest BCUT2D eigenvalue weighted by Crippen LogP contribution is -2.54. The van der Waals surface area contributed by atoms with Gasteiger partial charge in [0.05, 0.1) is 0 Å². The van der Waals surface area contributed by atoms with Gasteiger partial charge in [-0.05, 0) is 62.8 Å². The molecular formula is C23H34N2. The molecule has 5 rings (SSSR count). The summed E-state index contributed by atoms with van der Waals surface area (Å²) < 4.78 is 0. The van der Waals surface area contributed by atoms with E-state index in [0.717, 1.165) is 24.8 Å². The van der Waals surface area contributed by atoms with Crippen LogP contribution in [0.25, 0.3) is 0 Å². The summed E-state index contributed by atoms with van der Waals surface area (Å²) in [4.78, 5) is 2.78. The van der Waals surface area contributed by atoms with Gasteiger partial charge in [0.25, 0.3) is 0 Å². The van der Waals surface area contributed by atoms with Crippen LogP contribution in [0.1, 0.15) is 65.7 Å². The molecule has 2 bridgehead atoms. The van der Waals surface area contributed by atoms with Crippen molar-refractivity contribution >= 4 is 0 Å². The summed E-state index contributed by atoms with van der Waals surface area (Å²) in [6, 6.07) is 1.29. The molecule has 5 aliphatic rings. The summed E-state index contributed by atoms with van der Waals surface area (Å²) in [5.74, 6) is 8.12. The number of rotatable bonds is 1. The summed E-state index contributed by atoms with van der Waals surface area (Å²) in [5, 5.41) is 3.53. The van der Waals surface area contributed by atoms with Gasteiger partial charge in [0.2, 0.25) is 0 Å². The Hall–Kier alpha value is -0.780. The van der Waals surface area contributed by atoms with Crippen LogP contribution in [-0.2, 0) is 0 Å². The lowest BCUT2D eigenvalue weighted by Gasteiger charge is -2.58. The monoisotopic (exact) mass is 338 g/mol. The first kappa shape index (κ1) is 16.4. The predicted octanol–water partition coefficient (Wildman–Crippen LogP) is 3.98. The number of hydrogen-bond acceptors (Lipinski definition) is 2. The van der Waals surface area contributed by atoms with Gasteiger partial charge in [-0.3, -0.25) is 4.90 Å². The van der Waals surface area contributed by atoms with Crippen molar-refractivity contribution < 1.29 is 0 Å². The number of nitrogens with zero attached hydrogens (tertiary/aromatic N) is 1. The molecule has 136 valence electrons. The Balaban J connectivity index is 1.64. The highest BCUT2D eigenvalue weighted by Crippen LogP contribution is 2.78. The average molecular weight is 339 g/mol. The van der Waals surface area contributed by atoms with E-state index in [1.807, 2.05) is 5.57 Å². The first-order chi connectivity index (χ1) is 12.0. The van der Waals surface area contributed by atoms with Crippen molar-refractivity contribution in [3.05, 3.63) is 11.1 Å². The van der Waals surface area contributed by atoms with Crippen LogP contribution in [0.5, 0.6) is 0 Å². The van der Waals surface area contributed by atoms with Gasteiger partial charge >= 0.3 is 0 Å². The summed E-state index contributed by atoms with van der Waals surface area (Å²) in [7, 11) is 2.11. The van der Waals surface area contributed by atoms with Gasteiger partial charge in [0.1, 0.15) is 0 Å². The van der Waals surface area contributed by atoms with E-state index in [9.17, 15) is 0 Å². The van der Waals surface area contributed by atoms with Crippen molar-refractivity contribution in [3.8, 4) is 11.8 Å². The van der Waals surface area contributed by atoms with Crippen LogP contribution < -0.4 is 5.32 Å². The van der Waals surface area contributed by atoms with Crippen molar-refractivity contribution in [2.45, 2.75) is 77.8 Å². The second-order valence-corrected chi connectivity index (χ2v) is 10.1. The standard InChI is InChI=1S/C23H34N2/c1-16-8-12-23-17(2)9-11-22(13-18(16)23)15-25-14-20(25)19(24-4)7-5-6-10-21(22,23)3/h17,19-20,24H,7-15H2,1-4H3. The molecule has 0 amide bonds. The van der Waals surface area contributed by atoms with Crippen molar-refractivity contribution in [2.75, 3.05) is 20.1 Å². The van der Waals surface area contributed by atoms with Gasteiger partial charge in [-0.15, -0.1) is 11.8 Å². The molecule has 3 aliphatic carbocycles. The predicted molar refractivity (Wildman–Crippen MR) is 103 cm³/mol. The molecule has 3 fully saturated rings. The Morgan fingerprint density at radius 3 is 2.88 bits per heavy atom. The molecule has 25 heavy (non-hydrogen) atoms. The first-order valence-corrected chi connectivity index (χ1v) is 10.5. The van der Waals surface area contributed by atoms with Crippen molar-refractivity contribution in [1.82, 2.24) is 10.2 Å². The molecule has 1 spiro atoms. The van der Waals surface area contributed by atoms with Crippen molar-refractivity contribution in [3.63, 3.8) is 0 Å². The number of likely N-dealkylation sites (N-methyl/N-ethyl adjacent to an activating group) is 1. The highest BCUT2D eigenvalue weighted by atomic mass is 15.3. The second-order valence-electron chi connectivity index (χ2n) is 10.1. The van der Waals surface area contributed by atoms with Crippen LogP contribution in [0.4, 0.5) is 0 Å². The maximum absolute atomic E-state index is 3.71. The molecule has 2 heteroatoms. The van der Waals surface area contributed by atoms with E-state index in [4.69, 9.17) is 0 Å². The van der Waals surface area contributed by atoms with E-state index in [0.29, 0.717) is 22.3 Å². The molecule has 1 N–H and O–H groups in total. The molecule has 2 saturated carbocycles. The fourth-order valence-corrected chi connectivity index (χ4v) is 7.83. The van der Waals surface area contributed by atoms with E-state index in [2.05, 4.69) is 49.9 Å². The molecule has 0 aromatic rings. The van der Waals surface area contributed by atoms with Gasteiger partial charge in [-0.25, -0.2) is 0 Å².